The summed E-state index contributed by atoms with van der Waals surface area (Å²) in [6.45, 7) is 0.106. The zero-order chi connectivity index (χ0) is 18.8. The van der Waals surface area contributed by atoms with Crippen molar-refractivity contribution >= 4 is 5.91 Å². The molecule has 8 heteroatoms. The molecule has 1 aliphatic rings. The van der Waals surface area contributed by atoms with Crippen LogP contribution in [0.2, 0.25) is 0 Å². The molecule has 4 rings (SSSR count). The van der Waals surface area contributed by atoms with Crippen LogP contribution in [0.1, 0.15) is 18.4 Å². The zero-order valence-corrected chi connectivity index (χ0v) is 14.4. The number of tetrazole rings is 1. The van der Waals surface area contributed by atoms with Crippen LogP contribution in [-0.4, -0.2) is 37.1 Å². The van der Waals surface area contributed by atoms with Crippen molar-refractivity contribution < 1.29 is 13.6 Å². The van der Waals surface area contributed by atoms with Crippen LogP contribution in [0, 0.1) is 11.6 Å². The molecule has 3 aromatic rings. The molecule has 1 saturated carbocycles. The number of aromatic nitrogens is 4. The van der Waals surface area contributed by atoms with Gasteiger partial charge in [-0.05, 0) is 36.3 Å². The highest BCUT2D eigenvalue weighted by atomic mass is 19.1. The fourth-order valence-electron chi connectivity index (χ4n) is 2.88. The lowest BCUT2D eigenvalue weighted by Crippen LogP contribution is -2.36. The number of benzene rings is 2. The predicted octanol–water partition coefficient (Wildman–Crippen LogP) is 2.81. The van der Waals surface area contributed by atoms with Gasteiger partial charge in [0.1, 0.15) is 18.2 Å². The molecule has 0 bridgehead atoms. The predicted molar refractivity (Wildman–Crippen MR) is 93.2 cm³/mol. The largest absolute Gasteiger partial charge is 0.334 e. The summed E-state index contributed by atoms with van der Waals surface area (Å²) in [4.78, 5) is 15.6. The van der Waals surface area contributed by atoms with Crippen molar-refractivity contribution in [3.63, 3.8) is 0 Å². The number of carbonyl (C=O) groups excluding carboxylic acids is 1. The molecule has 0 unspecified atom stereocenters. The first-order valence-corrected chi connectivity index (χ1v) is 8.67. The molecule has 6 nitrogen and oxygen atoms in total. The first-order valence-electron chi connectivity index (χ1n) is 8.67. The minimum atomic E-state index is -0.398. The fourth-order valence-corrected chi connectivity index (χ4v) is 2.88. The summed E-state index contributed by atoms with van der Waals surface area (Å²) >= 11 is 0. The van der Waals surface area contributed by atoms with E-state index in [1.807, 2.05) is 0 Å². The molecule has 0 saturated heterocycles. The summed E-state index contributed by atoms with van der Waals surface area (Å²) < 4.78 is 27.3. The van der Waals surface area contributed by atoms with Gasteiger partial charge in [-0.25, -0.2) is 8.78 Å². The third-order valence-electron chi connectivity index (χ3n) is 4.42. The molecule has 0 atom stereocenters. The number of rotatable bonds is 6. The lowest BCUT2D eigenvalue weighted by molar-refractivity contribution is -0.133. The van der Waals surface area contributed by atoms with Crippen molar-refractivity contribution in [2.24, 2.45) is 0 Å². The van der Waals surface area contributed by atoms with E-state index in [1.54, 1.807) is 35.2 Å². The van der Waals surface area contributed by atoms with Gasteiger partial charge in [0.05, 0.1) is 0 Å². The normalized spacial score (nSPS) is 13.6. The highest BCUT2D eigenvalue weighted by Crippen LogP contribution is 2.29. The quantitative estimate of drug-likeness (QED) is 0.670. The van der Waals surface area contributed by atoms with Crippen LogP contribution >= 0.6 is 0 Å². The summed E-state index contributed by atoms with van der Waals surface area (Å²) in [5.74, 6) is -0.689. The summed E-state index contributed by atoms with van der Waals surface area (Å²) in [6.07, 6.45) is 1.80. The Balaban J connectivity index is 1.48. The average Bonchev–Trinajstić information content (AvgIpc) is 3.39. The van der Waals surface area contributed by atoms with Gasteiger partial charge in [-0.15, -0.1) is 10.2 Å². The van der Waals surface area contributed by atoms with E-state index in [2.05, 4.69) is 15.4 Å². The van der Waals surface area contributed by atoms with Gasteiger partial charge in [-0.3, -0.25) is 4.79 Å². The summed E-state index contributed by atoms with van der Waals surface area (Å²) in [5.41, 5.74) is 0.962. The van der Waals surface area contributed by atoms with E-state index in [0.717, 1.165) is 12.8 Å². The van der Waals surface area contributed by atoms with Gasteiger partial charge in [-0.1, -0.05) is 30.3 Å². The minimum absolute atomic E-state index is 0.104. The Morgan fingerprint density at radius 2 is 1.96 bits per heavy atom. The number of halogens is 2. The van der Waals surface area contributed by atoms with Crippen molar-refractivity contribution in [2.75, 3.05) is 0 Å². The Kier molecular flexibility index (Phi) is 4.62. The van der Waals surface area contributed by atoms with E-state index in [0.29, 0.717) is 11.1 Å². The van der Waals surface area contributed by atoms with Crippen LogP contribution in [0.5, 0.6) is 0 Å². The van der Waals surface area contributed by atoms with Crippen molar-refractivity contribution in [3.05, 3.63) is 65.7 Å². The molecule has 1 amide bonds. The monoisotopic (exact) mass is 369 g/mol. The third kappa shape index (κ3) is 3.99. The summed E-state index contributed by atoms with van der Waals surface area (Å²) in [5, 5.41) is 11.9. The van der Waals surface area contributed by atoms with Gasteiger partial charge >= 0.3 is 0 Å². The molecule has 0 radical (unpaired) electrons. The van der Waals surface area contributed by atoms with Crippen molar-refractivity contribution in [3.8, 4) is 11.4 Å². The van der Waals surface area contributed by atoms with Gasteiger partial charge in [0.25, 0.3) is 0 Å². The van der Waals surface area contributed by atoms with Gasteiger partial charge in [-0.2, -0.15) is 4.80 Å². The van der Waals surface area contributed by atoms with Crippen molar-refractivity contribution in [1.29, 1.82) is 0 Å². The molecule has 138 valence electrons. The maximum absolute atomic E-state index is 13.9. The first-order chi connectivity index (χ1) is 13.1. The second kappa shape index (κ2) is 7.22. The third-order valence-corrected chi connectivity index (χ3v) is 4.42. The lowest BCUT2D eigenvalue weighted by Gasteiger charge is -2.22. The molecule has 1 fully saturated rings. The fraction of sp³-hybridized carbons (Fsp3) is 0.263. The van der Waals surface area contributed by atoms with E-state index in [4.69, 9.17) is 0 Å². The van der Waals surface area contributed by atoms with E-state index in [1.165, 1.54) is 23.0 Å². The van der Waals surface area contributed by atoms with Crippen LogP contribution in [0.3, 0.4) is 0 Å². The molecule has 0 aliphatic heterocycles. The maximum Gasteiger partial charge on any atom is 0.246 e. The molecule has 2 aromatic carbocycles. The number of nitrogens with zero attached hydrogens (tertiary/aromatic N) is 5. The van der Waals surface area contributed by atoms with Crippen LogP contribution < -0.4 is 0 Å². The van der Waals surface area contributed by atoms with Crippen molar-refractivity contribution in [1.82, 2.24) is 25.1 Å². The molecule has 0 spiro atoms. The van der Waals surface area contributed by atoms with E-state index in [9.17, 15) is 13.6 Å². The lowest BCUT2D eigenvalue weighted by atomic mass is 10.2. The standard InChI is InChI=1S/C19H17F2N5O/c20-15-6-3-5-13(10-15)19-22-24-26(23-19)12-18(27)25(16-8-9-16)11-14-4-1-2-7-17(14)21/h1-7,10,16H,8-9,11-12H2. The Morgan fingerprint density at radius 3 is 2.70 bits per heavy atom. The van der Waals surface area contributed by atoms with Crippen LogP contribution in [-0.2, 0) is 17.9 Å². The second-order valence-electron chi connectivity index (χ2n) is 6.50. The highest BCUT2D eigenvalue weighted by molar-refractivity contribution is 5.76. The number of carbonyl (C=O) groups is 1. The smallest absolute Gasteiger partial charge is 0.246 e. The highest BCUT2D eigenvalue weighted by Gasteiger charge is 2.33. The minimum Gasteiger partial charge on any atom is -0.334 e. The number of amides is 1. The first kappa shape index (κ1) is 17.3. The van der Waals surface area contributed by atoms with Gasteiger partial charge in [0.2, 0.25) is 11.7 Å². The molecular weight excluding hydrogens is 352 g/mol. The number of hydrogen-bond donors (Lipinski definition) is 0. The van der Waals surface area contributed by atoms with Gasteiger partial charge < -0.3 is 4.90 Å². The second-order valence-corrected chi connectivity index (χ2v) is 6.50. The Hall–Kier alpha value is -3.16. The SMILES string of the molecule is O=C(Cn1nnc(-c2cccc(F)c2)n1)N(Cc1ccccc1F)C1CC1. The van der Waals surface area contributed by atoms with Crippen molar-refractivity contribution in [2.45, 2.75) is 32.0 Å². The van der Waals surface area contributed by atoms with Gasteiger partial charge in [0, 0.05) is 23.7 Å². The topological polar surface area (TPSA) is 63.9 Å². The van der Waals surface area contributed by atoms with E-state index >= 15 is 0 Å². The Morgan fingerprint density at radius 1 is 1.15 bits per heavy atom. The van der Waals surface area contributed by atoms with Crippen LogP contribution in [0.25, 0.3) is 11.4 Å². The van der Waals surface area contributed by atoms with Gasteiger partial charge in [0.15, 0.2) is 0 Å². The maximum atomic E-state index is 13.9. The van der Waals surface area contributed by atoms with E-state index < -0.39 is 5.82 Å². The molecule has 1 heterocycles. The average molecular weight is 369 g/mol. The molecular formula is C19H17F2N5O. The molecule has 1 aromatic heterocycles. The Bertz CT molecular complexity index is 970. The molecule has 1 aliphatic carbocycles. The molecule has 27 heavy (non-hydrogen) atoms. The number of hydrogen-bond acceptors (Lipinski definition) is 4. The Labute approximate surface area is 154 Å². The zero-order valence-electron chi connectivity index (χ0n) is 14.4. The summed E-state index contributed by atoms with van der Waals surface area (Å²) in [7, 11) is 0. The van der Waals surface area contributed by atoms with Crippen LogP contribution in [0.15, 0.2) is 48.5 Å². The van der Waals surface area contributed by atoms with E-state index in [-0.39, 0.29) is 36.7 Å². The van der Waals surface area contributed by atoms with Crippen LogP contribution in [0.4, 0.5) is 8.78 Å². The summed E-state index contributed by atoms with van der Waals surface area (Å²) in [6, 6.07) is 12.4. The molecule has 0 N–H and O–H groups in total.